The lowest BCUT2D eigenvalue weighted by atomic mass is 9.96. The van der Waals surface area contributed by atoms with E-state index in [-0.39, 0.29) is 6.61 Å². The number of fused-ring (bicyclic) bond motifs is 1. The molecule has 0 N–H and O–H groups in total. The average Bonchev–Trinajstić information content (AvgIpc) is 2.92. The topological polar surface area (TPSA) is 52.6 Å². The molecule has 3 rings (SSSR count). The number of hydrogen-bond acceptors (Lipinski definition) is 4. The zero-order valence-electron chi connectivity index (χ0n) is 12.5. The SMILES string of the molecule is CCOC(=O)c1ccccc1[C@@H](Cl)[C@H]1OC(=O)c2ccccc21. The summed E-state index contributed by atoms with van der Waals surface area (Å²) in [4.78, 5) is 24.1. The Labute approximate surface area is 139 Å². The standard InChI is InChI=1S/C18H15ClO4/c1-2-22-17(20)13-9-5-3-7-11(13)15(19)16-12-8-4-6-10-14(12)18(21)23-16/h3-10,15-16H,2H2,1H3/t15-,16+/m1/s1. The van der Waals surface area contributed by atoms with Gasteiger partial charge in [0.1, 0.15) is 11.5 Å². The van der Waals surface area contributed by atoms with Crippen molar-refractivity contribution in [1.82, 2.24) is 0 Å². The zero-order chi connectivity index (χ0) is 16.4. The molecule has 2 aromatic carbocycles. The highest BCUT2D eigenvalue weighted by Gasteiger charge is 2.37. The van der Waals surface area contributed by atoms with Crippen LogP contribution in [0, 0.1) is 0 Å². The summed E-state index contributed by atoms with van der Waals surface area (Å²) in [5, 5.41) is -0.678. The van der Waals surface area contributed by atoms with Crippen molar-refractivity contribution in [3.8, 4) is 0 Å². The van der Waals surface area contributed by atoms with E-state index in [1.54, 1.807) is 43.3 Å². The van der Waals surface area contributed by atoms with Crippen molar-refractivity contribution in [2.24, 2.45) is 0 Å². The summed E-state index contributed by atoms with van der Waals surface area (Å²) < 4.78 is 10.5. The Morgan fingerprint density at radius 3 is 2.70 bits per heavy atom. The third-order valence-electron chi connectivity index (χ3n) is 3.74. The minimum absolute atomic E-state index is 0.279. The van der Waals surface area contributed by atoms with Crippen molar-refractivity contribution in [2.75, 3.05) is 6.61 Å². The first-order chi connectivity index (χ1) is 11.1. The average molecular weight is 331 g/mol. The van der Waals surface area contributed by atoms with Gasteiger partial charge >= 0.3 is 11.9 Å². The van der Waals surface area contributed by atoms with Crippen molar-refractivity contribution < 1.29 is 19.1 Å². The predicted molar refractivity (Wildman–Crippen MR) is 85.6 cm³/mol. The molecule has 4 nitrogen and oxygen atoms in total. The second-order valence-corrected chi connectivity index (χ2v) is 5.59. The van der Waals surface area contributed by atoms with Gasteiger partial charge in [0.15, 0.2) is 0 Å². The van der Waals surface area contributed by atoms with Crippen LogP contribution in [0.3, 0.4) is 0 Å². The van der Waals surface area contributed by atoms with Gasteiger partial charge in [-0.15, -0.1) is 11.6 Å². The molecule has 0 spiro atoms. The maximum absolute atomic E-state index is 12.1. The van der Waals surface area contributed by atoms with Crippen molar-refractivity contribution in [3.05, 3.63) is 70.8 Å². The number of ether oxygens (including phenoxy) is 2. The molecule has 2 aromatic rings. The highest BCUT2D eigenvalue weighted by atomic mass is 35.5. The number of benzene rings is 2. The van der Waals surface area contributed by atoms with Crippen LogP contribution in [-0.4, -0.2) is 18.5 Å². The first kappa shape index (κ1) is 15.6. The number of alkyl halides is 1. The summed E-state index contributed by atoms with van der Waals surface area (Å²) in [5.41, 5.74) is 2.21. The van der Waals surface area contributed by atoms with Crippen LogP contribution in [0.4, 0.5) is 0 Å². The Morgan fingerprint density at radius 1 is 1.22 bits per heavy atom. The van der Waals surface area contributed by atoms with Gasteiger partial charge in [-0.3, -0.25) is 0 Å². The largest absolute Gasteiger partial charge is 0.462 e. The summed E-state index contributed by atoms with van der Waals surface area (Å²) in [5.74, 6) is -0.837. The van der Waals surface area contributed by atoms with E-state index >= 15 is 0 Å². The highest BCUT2D eigenvalue weighted by Crippen LogP contribution is 2.44. The zero-order valence-corrected chi connectivity index (χ0v) is 13.2. The monoisotopic (exact) mass is 330 g/mol. The van der Waals surface area contributed by atoms with Gasteiger partial charge in [0.2, 0.25) is 0 Å². The van der Waals surface area contributed by atoms with E-state index in [2.05, 4.69) is 0 Å². The normalized spacial score (nSPS) is 17.3. The van der Waals surface area contributed by atoms with Crippen LogP contribution in [0.15, 0.2) is 48.5 Å². The highest BCUT2D eigenvalue weighted by molar-refractivity contribution is 6.22. The number of cyclic esters (lactones) is 1. The smallest absolute Gasteiger partial charge is 0.339 e. The van der Waals surface area contributed by atoms with E-state index in [0.717, 1.165) is 5.56 Å². The van der Waals surface area contributed by atoms with Crippen molar-refractivity contribution in [1.29, 1.82) is 0 Å². The molecule has 1 aliphatic rings. The maximum atomic E-state index is 12.1. The summed E-state index contributed by atoms with van der Waals surface area (Å²) in [6.45, 7) is 2.02. The van der Waals surface area contributed by atoms with Crippen molar-refractivity contribution >= 4 is 23.5 Å². The Bertz CT molecular complexity index is 756. The van der Waals surface area contributed by atoms with E-state index in [0.29, 0.717) is 16.7 Å². The van der Waals surface area contributed by atoms with E-state index in [4.69, 9.17) is 21.1 Å². The molecule has 2 atom stereocenters. The van der Waals surface area contributed by atoms with Gasteiger partial charge in [-0.25, -0.2) is 9.59 Å². The lowest BCUT2D eigenvalue weighted by Crippen LogP contribution is -2.13. The molecule has 5 heteroatoms. The van der Waals surface area contributed by atoms with Crippen LogP contribution in [0.1, 0.15) is 50.2 Å². The van der Waals surface area contributed by atoms with E-state index < -0.39 is 23.4 Å². The molecule has 23 heavy (non-hydrogen) atoms. The van der Waals surface area contributed by atoms with Gasteiger partial charge in [0.25, 0.3) is 0 Å². The first-order valence-corrected chi connectivity index (χ1v) is 7.77. The number of esters is 2. The van der Waals surface area contributed by atoms with Gasteiger partial charge in [-0.05, 0) is 24.6 Å². The molecular weight excluding hydrogens is 316 g/mol. The van der Waals surface area contributed by atoms with Gasteiger partial charge in [-0.2, -0.15) is 0 Å². The Balaban J connectivity index is 1.98. The number of carbonyl (C=O) groups excluding carboxylic acids is 2. The van der Waals surface area contributed by atoms with Crippen LogP contribution in [0.2, 0.25) is 0 Å². The predicted octanol–water partition coefficient (Wildman–Crippen LogP) is 4.05. The molecule has 0 aromatic heterocycles. The minimum Gasteiger partial charge on any atom is -0.462 e. The molecule has 0 fully saturated rings. The Kier molecular flexibility index (Phi) is 4.35. The van der Waals surface area contributed by atoms with Crippen LogP contribution in [0.25, 0.3) is 0 Å². The third-order valence-corrected chi connectivity index (χ3v) is 4.20. The van der Waals surface area contributed by atoms with E-state index in [9.17, 15) is 9.59 Å². The lowest BCUT2D eigenvalue weighted by molar-refractivity contribution is 0.0375. The molecule has 0 saturated carbocycles. The van der Waals surface area contributed by atoms with Crippen LogP contribution < -0.4 is 0 Å². The molecule has 1 heterocycles. The number of halogens is 1. The molecule has 118 valence electrons. The second-order valence-electron chi connectivity index (χ2n) is 5.12. The molecule has 0 bridgehead atoms. The second kappa shape index (κ2) is 6.42. The lowest BCUT2D eigenvalue weighted by Gasteiger charge is -2.20. The summed E-state index contributed by atoms with van der Waals surface area (Å²) in [6, 6.07) is 14.1. The van der Waals surface area contributed by atoms with E-state index in [1.165, 1.54) is 0 Å². The van der Waals surface area contributed by atoms with E-state index in [1.807, 2.05) is 12.1 Å². The Hall–Kier alpha value is -2.33. The van der Waals surface area contributed by atoms with Crippen LogP contribution >= 0.6 is 11.6 Å². The maximum Gasteiger partial charge on any atom is 0.339 e. The molecule has 1 aliphatic heterocycles. The summed E-state index contributed by atoms with van der Waals surface area (Å²) in [7, 11) is 0. The number of hydrogen-bond donors (Lipinski definition) is 0. The first-order valence-electron chi connectivity index (χ1n) is 7.33. The minimum atomic E-state index is -0.678. The molecule has 0 aliphatic carbocycles. The fraction of sp³-hybridized carbons (Fsp3) is 0.222. The number of carbonyl (C=O) groups is 2. The van der Waals surface area contributed by atoms with Gasteiger partial charge < -0.3 is 9.47 Å². The van der Waals surface area contributed by atoms with Crippen molar-refractivity contribution in [2.45, 2.75) is 18.4 Å². The Morgan fingerprint density at radius 2 is 1.91 bits per heavy atom. The van der Waals surface area contributed by atoms with Crippen molar-refractivity contribution in [3.63, 3.8) is 0 Å². The molecule has 0 saturated heterocycles. The fourth-order valence-electron chi connectivity index (χ4n) is 2.69. The quantitative estimate of drug-likeness (QED) is 0.626. The third kappa shape index (κ3) is 2.82. The van der Waals surface area contributed by atoms with Crippen LogP contribution in [-0.2, 0) is 9.47 Å². The van der Waals surface area contributed by atoms with Crippen LogP contribution in [0.5, 0.6) is 0 Å². The molecular formula is C18H15ClO4. The fourth-order valence-corrected chi connectivity index (χ4v) is 3.06. The van der Waals surface area contributed by atoms with Gasteiger partial charge in [0, 0.05) is 5.56 Å². The molecule has 0 unspecified atom stereocenters. The summed E-state index contributed by atoms with van der Waals surface area (Å²) >= 11 is 6.57. The summed E-state index contributed by atoms with van der Waals surface area (Å²) in [6.07, 6.45) is -0.629. The van der Waals surface area contributed by atoms with Gasteiger partial charge in [0.05, 0.1) is 17.7 Å². The molecule has 0 amide bonds. The molecule has 0 radical (unpaired) electrons. The number of rotatable bonds is 4. The van der Waals surface area contributed by atoms with Gasteiger partial charge in [-0.1, -0.05) is 36.4 Å².